The maximum absolute atomic E-state index is 13.3. The topological polar surface area (TPSA) is 109 Å². The number of benzene rings is 1. The van der Waals surface area contributed by atoms with Crippen molar-refractivity contribution in [2.45, 2.75) is 29.6 Å². The predicted molar refractivity (Wildman–Crippen MR) is 143 cm³/mol. The summed E-state index contributed by atoms with van der Waals surface area (Å²) < 4.78 is 67.4. The summed E-state index contributed by atoms with van der Waals surface area (Å²) >= 11 is 5.80. The Morgan fingerprint density at radius 2 is 1.75 bits per heavy atom. The van der Waals surface area contributed by atoms with Gasteiger partial charge >= 0.3 is 6.18 Å². The van der Waals surface area contributed by atoms with Gasteiger partial charge in [-0.25, -0.2) is 13.4 Å². The summed E-state index contributed by atoms with van der Waals surface area (Å²) in [6, 6.07) is 7.83. The number of aliphatic hydroxyl groups is 1. The number of alkyl halides is 3. The van der Waals surface area contributed by atoms with Crippen LogP contribution in [0.15, 0.2) is 41.3 Å². The van der Waals surface area contributed by atoms with Crippen LogP contribution in [0.4, 0.5) is 24.7 Å². The molecule has 1 aromatic carbocycles. The normalized spacial score (nSPS) is 23.7. The van der Waals surface area contributed by atoms with Gasteiger partial charge in [-0.05, 0) is 36.4 Å². The summed E-state index contributed by atoms with van der Waals surface area (Å²) in [6.45, 7) is 3.11. The number of hydrogen-bond acceptors (Lipinski definition) is 8. The van der Waals surface area contributed by atoms with E-state index in [1.54, 1.807) is 21.9 Å². The minimum atomic E-state index is -4.58. The van der Waals surface area contributed by atoms with Crippen molar-refractivity contribution in [3.05, 3.63) is 47.1 Å². The van der Waals surface area contributed by atoms with Crippen molar-refractivity contribution in [3.63, 3.8) is 0 Å². The lowest BCUT2D eigenvalue weighted by Gasteiger charge is -2.36. The van der Waals surface area contributed by atoms with E-state index in [-0.39, 0.29) is 66.6 Å². The smallest absolute Gasteiger partial charge is 0.395 e. The predicted octanol–water partition coefficient (Wildman–Crippen LogP) is 1.64. The van der Waals surface area contributed by atoms with Gasteiger partial charge in [0.2, 0.25) is 15.9 Å². The first-order valence-corrected chi connectivity index (χ1v) is 14.8. The fourth-order valence-corrected chi connectivity index (χ4v) is 7.03. The quantitative estimate of drug-likeness (QED) is 0.481. The van der Waals surface area contributed by atoms with Gasteiger partial charge in [-0.3, -0.25) is 9.69 Å². The number of aromatic nitrogens is 1. The van der Waals surface area contributed by atoms with Crippen LogP contribution in [-0.2, 0) is 21.0 Å². The zero-order valence-corrected chi connectivity index (χ0v) is 23.1. The van der Waals surface area contributed by atoms with Gasteiger partial charge in [0, 0.05) is 76.5 Å². The fourth-order valence-electron chi connectivity index (χ4n) is 5.40. The van der Waals surface area contributed by atoms with Crippen molar-refractivity contribution in [2.24, 2.45) is 0 Å². The van der Waals surface area contributed by atoms with E-state index < -0.39 is 21.8 Å². The number of rotatable bonds is 6. The first-order valence-electron chi connectivity index (χ1n) is 12.9. The van der Waals surface area contributed by atoms with E-state index >= 15 is 0 Å². The Morgan fingerprint density at radius 3 is 2.40 bits per heavy atom. The van der Waals surface area contributed by atoms with Gasteiger partial charge in [-0.1, -0.05) is 11.6 Å². The monoisotopic (exact) mass is 602 g/mol. The minimum Gasteiger partial charge on any atom is -0.395 e. The van der Waals surface area contributed by atoms with Gasteiger partial charge in [0.1, 0.15) is 11.0 Å². The molecule has 2 N–H and O–H groups in total. The molecule has 0 spiro atoms. The molecule has 4 heterocycles. The van der Waals surface area contributed by atoms with Crippen molar-refractivity contribution in [1.29, 1.82) is 0 Å². The van der Waals surface area contributed by atoms with Crippen molar-refractivity contribution in [2.75, 3.05) is 68.8 Å². The number of nitrogens with one attached hydrogen (secondary N) is 1. The highest BCUT2D eigenvalue weighted by atomic mass is 35.5. The molecule has 0 radical (unpaired) electrons. The Balaban J connectivity index is 1.22. The molecule has 1 amide bonds. The van der Waals surface area contributed by atoms with Crippen LogP contribution in [0.3, 0.4) is 0 Å². The third kappa shape index (κ3) is 6.06. The Morgan fingerprint density at radius 1 is 1.05 bits per heavy atom. The Labute approximate surface area is 235 Å². The van der Waals surface area contributed by atoms with Gasteiger partial charge in [0.25, 0.3) is 0 Å². The van der Waals surface area contributed by atoms with E-state index in [9.17, 15) is 31.5 Å². The average molecular weight is 603 g/mol. The number of sulfonamides is 1. The molecule has 3 aliphatic heterocycles. The molecule has 0 bridgehead atoms. The van der Waals surface area contributed by atoms with Crippen LogP contribution < -0.4 is 15.1 Å². The van der Waals surface area contributed by atoms with E-state index in [1.165, 1.54) is 16.4 Å². The summed E-state index contributed by atoms with van der Waals surface area (Å²) in [5.74, 6) is 0.00150. The van der Waals surface area contributed by atoms with Crippen LogP contribution in [0.2, 0.25) is 5.15 Å². The van der Waals surface area contributed by atoms with Crippen molar-refractivity contribution < 1.29 is 31.5 Å². The highest BCUT2D eigenvalue weighted by Gasteiger charge is 2.37. The molecule has 218 valence electrons. The molecular weight excluding hydrogens is 573 g/mol. The van der Waals surface area contributed by atoms with Crippen LogP contribution in [0.5, 0.6) is 0 Å². The lowest BCUT2D eigenvalue weighted by Crippen LogP contribution is -2.55. The van der Waals surface area contributed by atoms with E-state index in [0.717, 1.165) is 25.2 Å². The van der Waals surface area contributed by atoms with E-state index in [0.29, 0.717) is 25.2 Å². The summed E-state index contributed by atoms with van der Waals surface area (Å²) in [5, 5.41) is 12.4. The molecule has 0 saturated carbocycles. The van der Waals surface area contributed by atoms with Crippen molar-refractivity contribution >= 4 is 39.0 Å². The molecule has 3 aliphatic rings. The second-order valence-electron chi connectivity index (χ2n) is 10.1. The van der Waals surface area contributed by atoms with Gasteiger partial charge in [-0.2, -0.15) is 17.5 Å². The standard InChI is InChI=1S/C25H30ClF3N6O4S/c26-22-11-17(25(27,28)29)12-23(31-22)32-7-9-34(10-8-32)40(38,39)21-3-1-19(2-4-21)35-15-20(13-24(35)37)33-6-5-30-18(14-33)16-36/h1-4,11-12,18,20,30,36H,5-10,13-16H2/t18-,20?/m0/s1. The largest absolute Gasteiger partial charge is 0.416 e. The number of halogens is 4. The maximum Gasteiger partial charge on any atom is 0.416 e. The molecule has 2 aromatic rings. The van der Waals surface area contributed by atoms with Gasteiger partial charge in [0.15, 0.2) is 0 Å². The van der Waals surface area contributed by atoms with Gasteiger partial charge in [0.05, 0.1) is 17.1 Å². The average Bonchev–Trinajstić information content (AvgIpc) is 3.34. The first-order chi connectivity index (χ1) is 19.0. The second kappa shape index (κ2) is 11.4. The third-order valence-electron chi connectivity index (χ3n) is 7.59. The van der Waals surface area contributed by atoms with Crippen LogP contribution in [0.25, 0.3) is 0 Å². The van der Waals surface area contributed by atoms with Crippen LogP contribution in [0.1, 0.15) is 12.0 Å². The van der Waals surface area contributed by atoms with Crippen LogP contribution >= 0.6 is 11.6 Å². The van der Waals surface area contributed by atoms with Crippen LogP contribution in [-0.4, -0.2) is 105 Å². The van der Waals surface area contributed by atoms with Crippen molar-refractivity contribution in [3.8, 4) is 0 Å². The minimum absolute atomic E-state index is 0.0181. The Kier molecular flexibility index (Phi) is 8.28. The number of nitrogens with zero attached hydrogens (tertiary/aromatic N) is 5. The number of carbonyl (C=O) groups excluding carboxylic acids is 1. The zero-order valence-electron chi connectivity index (χ0n) is 21.5. The summed E-state index contributed by atoms with van der Waals surface area (Å²) in [6.07, 6.45) is -4.22. The summed E-state index contributed by atoms with van der Waals surface area (Å²) in [4.78, 5) is 22.3. The Hall–Kier alpha value is -2.49. The Bertz CT molecular complexity index is 1340. The number of aliphatic hydroxyl groups excluding tert-OH is 1. The van der Waals surface area contributed by atoms with E-state index in [1.807, 2.05) is 0 Å². The zero-order chi connectivity index (χ0) is 28.7. The molecule has 15 heteroatoms. The molecular formula is C25H30ClF3N6O4S. The SMILES string of the molecule is O=C1CC(N2CCN[C@H](CO)C2)CN1c1ccc(S(=O)(=O)N2CCN(c3cc(C(F)(F)F)cc(Cl)n3)CC2)cc1. The van der Waals surface area contributed by atoms with Gasteiger partial charge in [-0.15, -0.1) is 0 Å². The fraction of sp³-hybridized carbons (Fsp3) is 0.520. The number of anilines is 2. The maximum atomic E-state index is 13.3. The highest BCUT2D eigenvalue weighted by Crippen LogP contribution is 2.33. The molecule has 5 rings (SSSR count). The molecule has 40 heavy (non-hydrogen) atoms. The van der Waals surface area contributed by atoms with Crippen molar-refractivity contribution in [1.82, 2.24) is 19.5 Å². The first kappa shape index (κ1) is 29.0. The second-order valence-corrected chi connectivity index (χ2v) is 12.4. The van der Waals surface area contributed by atoms with Gasteiger partial charge < -0.3 is 20.2 Å². The number of piperazine rings is 2. The van der Waals surface area contributed by atoms with Crippen LogP contribution in [0, 0.1) is 0 Å². The molecule has 3 fully saturated rings. The molecule has 3 saturated heterocycles. The van der Waals surface area contributed by atoms with E-state index in [4.69, 9.17) is 11.6 Å². The molecule has 0 aliphatic carbocycles. The number of amides is 1. The molecule has 1 unspecified atom stereocenters. The molecule has 10 nitrogen and oxygen atoms in total. The lowest BCUT2D eigenvalue weighted by molar-refractivity contribution is -0.137. The molecule has 1 aromatic heterocycles. The third-order valence-corrected chi connectivity index (χ3v) is 9.69. The summed E-state index contributed by atoms with van der Waals surface area (Å²) in [7, 11) is -3.86. The number of pyridine rings is 1. The van der Waals surface area contributed by atoms with E-state index in [2.05, 4.69) is 15.2 Å². The summed E-state index contributed by atoms with van der Waals surface area (Å²) in [5.41, 5.74) is -0.305. The lowest BCUT2D eigenvalue weighted by atomic mass is 10.1. The number of hydrogen-bond donors (Lipinski definition) is 2. The number of carbonyl (C=O) groups is 1. The highest BCUT2D eigenvalue weighted by molar-refractivity contribution is 7.89. The molecule has 2 atom stereocenters.